The summed E-state index contributed by atoms with van der Waals surface area (Å²) in [7, 11) is 1.77. The predicted octanol–water partition coefficient (Wildman–Crippen LogP) is 2.72. The van der Waals surface area contributed by atoms with Crippen LogP contribution in [0.3, 0.4) is 0 Å². The standard InChI is InChI=1S/C11H11FN2/c1-7-6-10(13-2)14-11-8(7)4-3-5-9(11)12/h3-6H,1-2H3,(H,13,14). The van der Waals surface area contributed by atoms with Gasteiger partial charge in [0.05, 0.1) is 0 Å². The number of nitrogens with one attached hydrogen (secondary N) is 1. The van der Waals surface area contributed by atoms with Gasteiger partial charge >= 0.3 is 0 Å². The van der Waals surface area contributed by atoms with Crippen LogP contribution in [0.15, 0.2) is 24.3 Å². The molecule has 1 N–H and O–H groups in total. The third kappa shape index (κ3) is 1.31. The lowest BCUT2D eigenvalue weighted by molar-refractivity contribution is 0.637. The lowest BCUT2D eigenvalue weighted by Gasteiger charge is -2.05. The molecule has 0 bridgehead atoms. The Bertz CT molecular complexity index is 480. The molecule has 0 aliphatic rings. The molecule has 2 nitrogen and oxygen atoms in total. The summed E-state index contributed by atoms with van der Waals surface area (Å²) in [5.74, 6) is 0.419. The number of para-hydroxylation sites is 1. The minimum Gasteiger partial charge on any atom is -0.373 e. The number of anilines is 1. The maximum atomic E-state index is 13.4. The summed E-state index contributed by atoms with van der Waals surface area (Å²) < 4.78 is 13.4. The second-order valence-corrected chi connectivity index (χ2v) is 3.21. The van der Waals surface area contributed by atoms with E-state index in [0.717, 1.165) is 10.9 Å². The molecule has 2 rings (SSSR count). The molecule has 0 unspecified atom stereocenters. The fourth-order valence-corrected chi connectivity index (χ4v) is 1.51. The van der Waals surface area contributed by atoms with E-state index in [1.54, 1.807) is 13.1 Å². The van der Waals surface area contributed by atoms with Gasteiger partial charge in [-0.15, -0.1) is 0 Å². The lowest BCUT2D eigenvalue weighted by atomic mass is 10.1. The number of pyridine rings is 1. The Hall–Kier alpha value is -1.64. The van der Waals surface area contributed by atoms with Gasteiger partial charge in [-0.25, -0.2) is 9.37 Å². The summed E-state index contributed by atoms with van der Waals surface area (Å²) in [5, 5.41) is 3.77. The van der Waals surface area contributed by atoms with Crippen LogP contribution in [0.4, 0.5) is 10.2 Å². The number of fused-ring (bicyclic) bond motifs is 1. The summed E-state index contributed by atoms with van der Waals surface area (Å²) in [6.07, 6.45) is 0. The van der Waals surface area contributed by atoms with E-state index >= 15 is 0 Å². The number of nitrogens with zero attached hydrogens (tertiary/aromatic N) is 1. The third-order valence-corrected chi connectivity index (χ3v) is 2.25. The second-order valence-electron chi connectivity index (χ2n) is 3.21. The molecule has 0 aliphatic heterocycles. The monoisotopic (exact) mass is 190 g/mol. The fourth-order valence-electron chi connectivity index (χ4n) is 1.51. The fraction of sp³-hybridized carbons (Fsp3) is 0.182. The van der Waals surface area contributed by atoms with E-state index in [1.807, 2.05) is 19.1 Å². The van der Waals surface area contributed by atoms with E-state index in [4.69, 9.17) is 0 Å². The normalized spacial score (nSPS) is 10.5. The first-order valence-corrected chi connectivity index (χ1v) is 4.46. The van der Waals surface area contributed by atoms with Gasteiger partial charge < -0.3 is 5.32 Å². The molecule has 0 atom stereocenters. The minimum atomic E-state index is -0.275. The van der Waals surface area contributed by atoms with Crippen molar-refractivity contribution in [2.24, 2.45) is 0 Å². The van der Waals surface area contributed by atoms with Gasteiger partial charge in [0.25, 0.3) is 0 Å². The maximum absolute atomic E-state index is 13.4. The molecule has 3 heteroatoms. The first-order chi connectivity index (χ1) is 6.72. The number of rotatable bonds is 1. The maximum Gasteiger partial charge on any atom is 0.149 e. The number of hydrogen-bond acceptors (Lipinski definition) is 2. The van der Waals surface area contributed by atoms with Gasteiger partial charge in [0.1, 0.15) is 17.2 Å². The van der Waals surface area contributed by atoms with Crippen molar-refractivity contribution >= 4 is 16.7 Å². The quantitative estimate of drug-likeness (QED) is 0.747. The zero-order chi connectivity index (χ0) is 10.1. The molecule has 0 amide bonds. The van der Waals surface area contributed by atoms with Crippen molar-refractivity contribution in [2.45, 2.75) is 6.92 Å². The van der Waals surface area contributed by atoms with E-state index in [9.17, 15) is 4.39 Å². The summed E-state index contributed by atoms with van der Waals surface area (Å²) in [6.45, 7) is 1.95. The van der Waals surface area contributed by atoms with Gasteiger partial charge in [0.2, 0.25) is 0 Å². The molecule has 0 saturated heterocycles. The molecule has 0 saturated carbocycles. The molecular weight excluding hydrogens is 179 g/mol. The van der Waals surface area contributed by atoms with Crippen molar-refractivity contribution in [2.75, 3.05) is 12.4 Å². The van der Waals surface area contributed by atoms with E-state index in [1.165, 1.54) is 6.07 Å². The molecule has 0 aliphatic carbocycles. The highest BCUT2D eigenvalue weighted by atomic mass is 19.1. The molecule has 1 aromatic heterocycles. The van der Waals surface area contributed by atoms with Crippen molar-refractivity contribution in [1.29, 1.82) is 0 Å². The Kier molecular flexibility index (Phi) is 2.08. The Labute approximate surface area is 81.8 Å². The van der Waals surface area contributed by atoms with E-state index < -0.39 is 0 Å². The summed E-state index contributed by atoms with van der Waals surface area (Å²) in [5.41, 5.74) is 1.45. The molecule has 1 heterocycles. The smallest absolute Gasteiger partial charge is 0.149 e. The highest BCUT2D eigenvalue weighted by Crippen LogP contribution is 2.21. The molecule has 0 fully saturated rings. The van der Waals surface area contributed by atoms with E-state index in [2.05, 4.69) is 10.3 Å². The van der Waals surface area contributed by atoms with Crippen LogP contribution in [0.5, 0.6) is 0 Å². The Morgan fingerprint density at radius 1 is 1.36 bits per heavy atom. The topological polar surface area (TPSA) is 24.9 Å². The summed E-state index contributed by atoms with van der Waals surface area (Å²) in [4.78, 5) is 4.17. The SMILES string of the molecule is CNc1cc(C)c2cccc(F)c2n1. The summed E-state index contributed by atoms with van der Waals surface area (Å²) in [6, 6.07) is 6.90. The van der Waals surface area contributed by atoms with Crippen LogP contribution in [0.25, 0.3) is 10.9 Å². The highest BCUT2D eigenvalue weighted by Gasteiger charge is 2.05. The van der Waals surface area contributed by atoms with Crippen molar-refractivity contribution in [1.82, 2.24) is 4.98 Å². The zero-order valence-electron chi connectivity index (χ0n) is 8.13. The van der Waals surface area contributed by atoms with Crippen molar-refractivity contribution in [3.8, 4) is 0 Å². The van der Waals surface area contributed by atoms with Gasteiger partial charge in [-0.2, -0.15) is 0 Å². The van der Waals surface area contributed by atoms with Crippen LogP contribution in [-0.2, 0) is 0 Å². The first-order valence-electron chi connectivity index (χ1n) is 4.46. The van der Waals surface area contributed by atoms with Crippen molar-refractivity contribution < 1.29 is 4.39 Å². The molecule has 0 spiro atoms. The number of benzene rings is 1. The van der Waals surface area contributed by atoms with Crippen LogP contribution in [0.2, 0.25) is 0 Å². The van der Waals surface area contributed by atoms with Gasteiger partial charge in [-0.1, -0.05) is 12.1 Å². The molecule has 1 aromatic carbocycles. The van der Waals surface area contributed by atoms with Crippen LogP contribution < -0.4 is 5.32 Å². The second kappa shape index (κ2) is 3.25. The first kappa shape index (κ1) is 8.94. The molecule has 2 aromatic rings. The number of aromatic nitrogens is 1. The Balaban J connectivity index is 2.83. The van der Waals surface area contributed by atoms with E-state index in [-0.39, 0.29) is 5.82 Å². The summed E-state index contributed by atoms with van der Waals surface area (Å²) >= 11 is 0. The Morgan fingerprint density at radius 2 is 2.14 bits per heavy atom. The molecule has 14 heavy (non-hydrogen) atoms. The van der Waals surface area contributed by atoms with Gasteiger partial charge in [-0.3, -0.25) is 0 Å². The highest BCUT2D eigenvalue weighted by molar-refractivity contribution is 5.84. The van der Waals surface area contributed by atoms with Crippen molar-refractivity contribution in [3.05, 3.63) is 35.6 Å². The molecule has 72 valence electrons. The number of halogens is 1. The van der Waals surface area contributed by atoms with Crippen LogP contribution in [-0.4, -0.2) is 12.0 Å². The predicted molar refractivity (Wildman–Crippen MR) is 56.0 cm³/mol. The van der Waals surface area contributed by atoms with Crippen LogP contribution in [0, 0.1) is 12.7 Å². The van der Waals surface area contributed by atoms with Crippen LogP contribution >= 0.6 is 0 Å². The van der Waals surface area contributed by atoms with E-state index in [0.29, 0.717) is 11.3 Å². The minimum absolute atomic E-state index is 0.275. The Morgan fingerprint density at radius 3 is 2.86 bits per heavy atom. The molecule has 0 radical (unpaired) electrons. The van der Waals surface area contributed by atoms with Crippen LogP contribution in [0.1, 0.15) is 5.56 Å². The average molecular weight is 190 g/mol. The lowest BCUT2D eigenvalue weighted by Crippen LogP contribution is -1.95. The van der Waals surface area contributed by atoms with Crippen molar-refractivity contribution in [3.63, 3.8) is 0 Å². The number of aryl methyl sites for hydroxylation is 1. The average Bonchev–Trinajstić information content (AvgIpc) is 2.19. The van der Waals surface area contributed by atoms with Gasteiger partial charge in [-0.05, 0) is 24.6 Å². The molecular formula is C11H11FN2. The largest absolute Gasteiger partial charge is 0.373 e. The van der Waals surface area contributed by atoms with Gasteiger partial charge in [0, 0.05) is 12.4 Å². The zero-order valence-corrected chi connectivity index (χ0v) is 8.13. The number of hydrogen-bond donors (Lipinski definition) is 1. The van der Waals surface area contributed by atoms with Gasteiger partial charge in [0.15, 0.2) is 0 Å². The third-order valence-electron chi connectivity index (χ3n) is 2.25.